The number of aryl methyl sites for hydroxylation is 2. The molecule has 0 N–H and O–H groups in total. The normalized spacial score (nSPS) is 14.7. The number of fused-ring (bicyclic) bond motifs is 3. The van der Waals surface area contributed by atoms with Gasteiger partial charge in [-0.3, -0.25) is 0 Å². The molecule has 119 valence electrons. The molecule has 0 atom stereocenters. The van der Waals surface area contributed by atoms with Crippen molar-refractivity contribution in [3.05, 3.63) is 58.7 Å². The number of allylic oxidation sites excluding steroid dienone is 4. The maximum atomic E-state index is 2.41. The second-order valence-corrected chi connectivity index (χ2v) is 6.13. The summed E-state index contributed by atoms with van der Waals surface area (Å²) in [5.74, 6) is 0. The van der Waals surface area contributed by atoms with Crippen LogP contribution in [-0.4, -0.2) is 0 Å². The molecule has 0 fully saturated rings. The maximum absolute atomic E-state index is 2.41. The van der Waals surface area contributed by atoms with Crippen molar-refractivity contribution in [2.45, 2.75) is 45.4 Å². The van der Waals surface area contributed by atoms with Gasteiger partial charge in [-0.1, -0.05) is 50.0 Å². The van der Waals surface area contributed by atoms with E-state index in [4.69, 9.17) is 0 Å². The number of hydrogen-bond donors (Lipinski definition) is 0. The molecule has 23 heavy (non-hydrogen) atoms. The van der Waals surface area contributed by atoms with Crippen LogP contribution in [0, 0.1) is 0 Å². The molecule has 2 aromatic rings. The van der Waals surface area contributed by atoms with Crippen molar-refractivity contribution >= 4 is 16.3 Å². The predicted molar refractivity (Wildman–Crippen MR) is 87.2 cm³/mol. The topological polar surface area (TPSA) is 0 Å². The second-order valence-electron chi connectivity index (χ2n) is 6.13. The van der Waals surface area contributed by atoms with E-state index in [1.165, 1.54) is 43.1 Å². The molecular formula is C20H21Cl2Ti. The van der Waals surface area contributed by atoms with Gasteiger partial charge in [-0.25, -0.2) is 0 Å². The quantitative estimate of drug-likeness (QED) is 0.499. The first-order valence-electron chi connectivity index (χ1n) is 7.97. The van der Waals surface area contributed by atoms with Crippen LogP contribution in [0.15, 0.2) is 42.0 Å². The van der Waals surface area contributed by atoms with Crippen LogP contribution in [0.2, 0.25) is 0 Å². The Hall–Kier alpha value is -0.396. The zero-order valence-electron chi connectivity index (χ0n) is 13.5. The fraction of sp³-hybridized carbons (Fsp3) is 0.350. The van der Waals surface area contributed by atoms with E-state index in [1.54, 1.807) is 27.7 Å². The molecule has 0 heterocycles. The van der Waals surface area contributed by atoms with Crippen LogP contribution in [0.5, 0.6) is 0 Å². The van der Waals surface area contributed by atoms with Gasteiger partial charge in [-0.15, -0.1) is 40.1 Å². The molecule has 2 aliphatic carbocycles. The molecule has 0 amide bonds. The minimum Gasteiger partial charge on any atom is -1.00 e. The van der Waals surface area contributed by atoms with Crippen molar-refractivity contribution < 1.29 is 46.5 Å². The molecule has 0 saturated carbocycles. The molecule has 0 saturated heterocycles. The summed E-state index contributed by atoms with van der Waals surface area (Å²) in [4.78, 5) is 0. The maximum Gasteiger partial charge on any atom is 3.00 e. The van der Waals surface area contributed by atoms with Crippen molar-refractivity contribution in [1.29, 1.82) is 0 Å². The molecular weight excluding hydrogens is 359 g/mol. The minimum atomic E-state index is 0. The number of benzene rings is 1. The predicted octanol–water partition coefficient (Wildman–Crippen LogP) is -0.433. The first-order chi connectivity index (χ1) is 9.88. The smallest absolute Gasteiger partial charge is 1.00 e. The summed E-state index contributed by atoms with van der Waals surface area (Å²) in [7, 11) is 0. The van der Waals surface area contributed by atoms with E-state index in [0.29, 0.717) is 0 Å². The molecule has 1 radical (unpaired) electrons. The van der Waals surface area contributed by atoms with Crippen LogP contribution < -0.4 is 24.8 Å². The van der Waals surface area contributed by atoms with Crippen molar-refractivity contribution in [3.8, 4) is 0 Å². The van der Waals surface area contributed by atoms with Crippen LogP contribution in [0.25, 0.3) is 16.3 Å². The van der Waals surface area contributed by atoms with Crippen LogP contribution in [-0.2, 0) is 34.6 Å². The van der Waals surface area contributed by atoms with Gasteiger partial charge in [0.2, 0.25) is 0 Å². The van der Waals surface area contributed by atoms with E-state index < -0.39 is 0 Å². The van der Waals surface area contributed by atoms with E-state index in [1.807, 2.05) is 0 Å². The number of hydrogen-bond acceptors (Lipinski definition) is 0. The number of unbranched alkanes of at least 4 members (excludes halogenated alkanes) is 1. The largest absolute Gasteiger partial charge is 3.00 e. The first kappa shape index (κ1) is 20.6. The summed E-state index contributed by atoms with van der Waals surface area (Å²) in [5.41, 5.74) is 7.90. The minimum absolute atomic E-state index is 0. The summed E-state index contributed by atoms with van der Waals surface area (Å²) in [6.07, 6.45) is 12.2. The standard InChI is InChI=1S/C20H21.2ClH.Ti/c1-2-3-6-14-7-4-9-17(14)19-10-5-8-16-13-15-11-12-18(15)20(16)19;;;/h4-5,7-8,10,13H,2-3,6,9,11-12H2,1H3;2*1H;/q-1;;;+3/p-2. The fourth-order valence-electron chi connectivity index (χ4n) is 3.74. The van der Waals surface area contributed by atoms with Crippen LogP contribution in [0.3, 0.4) is 0 Å². The summed E-state index contributed by atoms with van der Waals surface area (Å²) in [6.45, 7) is 2.28. The average molecular weight is 380 g/mol. The van der Waals surface area contributed by atoms with Crippen molar-refractivity contribution in [2.24, 2.45) is 0 Å². The Labute approximate surface area is 166 Å². The third kappa shape index (κ3) is 3.51. The van der Waals surface area contributed by atoms with E-state index >= 15 is 0 Å². The van der Waals surface area contributed by atoms with Gasteiger partial charge < -0.3 is 24.8 Å². The summed E-state index contributed by atoms with van der Waals surface area (Å²) < 4.78 is 0. The van der Waals surface area contributed by atoms with Gasteiger partial charge in [0.1, 0.15) is 0 Å². The van der Waals surface area contributed by atoms with Crippen LogP contribution in [0.4, 0.5) is 0 Å². The summed E-state index contributed by atoms with van der Waals surface area (Å²) in [6, 6.07) is 9.27. The van der Waals surface area contributed by atoms with Gasteiger partial charge in [0.15, 0.2) is 0 Å². The van der Waals surface area contributed by atoms with Gasteiger partial charge in [0, 0.05) is 0 Å². The Morgan fingerprint density at radius 1 is 1.13 bits per heavy atom. The average Bonchev–Trinajstić information content (AvgIpc) is 2.99. The number of rotatable bonds is 4. The molecule has 2 aromatic carbocycles. The van der Waals surface area contributed by atoms with Gasteiger partial charge in [0.05, 0.1) is 0 Å². The molecule has 0 unspecified atom stereocenters. The Kier molecular flexibility index (Phi) is 7.75. The number of halogens is 2. The van der Waals surface area contributed by atoms with Crippen molar-refractivity contribution in [1.82, 2.24) is 0 Å². The first-order valence-corrected chi connectivity index (χ1v) is 7.97. The Morgan fingerprint density at radius 2 is 1.96 bits per heavy atom. The van der Waals surface area contributed by atoms with Crippen LogP contribution in [0.1, 0.15) is 49.3 Å². The molecule has 0 spiro atoms. The van der Waals surface area contributed by atoms with Gasteiger partial charge in [-0.05, 0) is 30.4 Å². The van der Waals surface area contributed by atoms with E-state index in [0.717, 1.165) is 6.42 Å². The zero-order valence-corrected chi connectivity index (χ0v) is 16.5. The van der Waals surface area contributed by atoms with Crippen molar-refractivity contribution in [2.75, 3.05) is 0 Å². The van der Waals surface area contributed by atoms with Crippen LogP contribution >= 0.6 is 0 Å². The van der Waals surface area contributed by atoms with Gasteiger partial charge in [-0.2, -0.15) is 0 Å². The van der Waals surface area contributed by atoms with Gasteiger partial charge in [0.25, 0.3) is 0 Å². The third-order valence-corrected chi connectivity index (χ3v) is 4.91. The Balaban J connectivity index is 0.000000882. The van der Waals surface area contributed by atoms with E-state index in [-0.39, 0.29) is 46.5 Å². The zero-order chi connectivity index (χ0) is 13.5. The molecule has 2 aliphatic rings. The van der Waals surface area contributed by atoms with Crippen molar-refractivity contribution in [3.63, 3.8) is 0 Å². The van der Waals surface area contributed by atoms with E-state index in [2.05, 4.69) is 43.3 Å². The molecule has 3 heteroatoms. The molecule has 0 nitrogen and oxygen atoms in total. The third-order valence-electron chi connectivity index (χ3n) is 4.91. The Morgan fingerprint density at radius 3 is 2.65 bits per heavy atom. The molecule has 4 rings (SSSR count). The van der Waals surface area contributed by atoms with Gasteiger partial charge >= 0.3 is 21.7 Å². The summed E-state index contributed by atoms with van der Waals surface area (Å²) in [5, 5.41) is 3.01. The molecule has 0 aromatic heterocycles. The molecule has 0 bridgehead atoms. The second kappa shape index (κ2) is 8.63. The SMILES string of the molecule is CCCCC1=C(c2cccc3[cH-]c4c(c23)CC4)CC=C1.[Cl-].[Cl-].[Ti+3]. The monoisotopic (exact) mass is 379 g/mol. The molecule has 0 aliphatic heterocycles. The summed E-state index contributed by atoms with van der Waals surface area (Å²) >= 11 is 0. The Bertz CT molecular complexity index is 737. The fourth-order valence-corrected chi connectivity index (χ4v) is 3.74. The van der Waals surface area contributed by atoms with E-state index in [9.17, 15) is 0 Å².